The number of thioether (sulfide) groups is 1. The molecule has 0 aromatic heterocycles. The summed E-state index contributed by atoms with van der Waals surface area (Å²) >= 11 is 1.07. The summed E-state index contributed by atoms with van der Waals surface area (Å²) < 4.78 is -1.18. The Hall–Kier alpha value is -0.790. The quantitative estimate of drug-likeness (QED) is 0.497. The molecule has 2 aliphatic rings. The molecule has 0 spiro atoms. The van der Waals surface area contributed by atoms with Crippen LogP contribution in [0.25, 0.3) is 0 Å². The van der Waals surface area contributed by atoms with Gasteiger partial charge in [-0.3, -0.25) is 9.59 Å². The molecule has 0 radical (unpaired) electrons. The first-order chi connectivity index (χ1) is 6.95. The minimum atomic E-state index is -1.18. The Labute approximate surface area is 90.4 Å². The minimum absolute atomic E-state index is 0.0544. The van der Waals surface area contributed by atoms with Crippen molar-refractivity contribution < 1.29 is 19.8 Å². The van der Waals surface area contributed by atoms with E-state index >= 15 is 0 Å². The SMILES string of the molecule is CC1N2C(=O)[C@H](O)[C@H]2SC1(CN)C(=O)O. The van der Waals surface area contributed by atoms with Crippen molar-refractivity contribution >= 4 is 23.6 Å². The number of aliphatic carboxylic acids is 1. The number of aliphatic hydroxyl groups is 1. The maximum Gasteiger partial charge on any atom is 0.323 e. The molecule has 84 valence electrons. The fourth-order valence-electron chi connectivity index (χ4n) is 2.08. The molecule has 2 aliphatic heterocycles. The molecule has 7 heteroatoms. The fourth-order valence-corrected chi connectivity index (χ4v) is 3.66. The van der Waals surface area contributed by atoms with Gasteiger partial charge in [0.15, 0.2) is 6.10 Å². The number of amides is 1. The largest absolute Gasteiger partial charge is 0.480 e. The number of nitrogens with two attached hydrogens (primary N) is 1. The first-order valence-corrected chi connectivity index (χ1v) is 5.45. The second-order valence-electron chi connectivity index (χ2n) is 3.77. The van der Waals surface area contributed by atoms with Crippen LogP contribution in [-0.2, 0) is 9.59 Å². The molecule has 15 heavy (non-hydrogen) atoms. The van der Waals surface area contributed by atoms with E-state index in [1.54, 1.807) is 6.92 Å². The number of carbonyl (C=O) groups is 2. The lowest BCUT2D eigenvalue weighted by Crippen LogP contribution is -2.64. The van der Waals surface area contributed by atoms with Gasteiger partial charge in [-0.05, 0) is 6.92 Å². The number of carbonyl (C=O) groups excluding carboxylic acids is 1. The lowest BCUT2D eigenvalue weighted by Gasteiger charge is -2.40. The van der Waals surface area contributed by atoms with E-state index in [-0.39, 0.29) is 6.54 Å². The normalized spacial score (nSPS) is 43.8. The van der Waals surface area contributed by atoms with E-state index in [9.17, 15) is 14.7 Å². The Balaban J connectivity index is 2.32. The number of hydrogen-bond donors (Lipinski definition) is 3. The minimum Gasteiger partial charge on any atom is -0.480 e. The first-order valence-electron chi connectivity index (χ1n) is 4.57. The van der Waals surface area contributed by atoms with Gasteiger partial charge in [-0.15, -0.1) is 11.8 Å². The number of hydrogen-bond acceptors (Lipinski definition) is 5. The molecule has 4 N–H and O–H groups in total. The van der Waals surface area contributed by atoms with Crippen LogP contribution in [0.4, 0.5) is 0 Å². The van der Waals surface area contributed by atoms with E-state index in [2.05, 4.69) is 0 Å². The number of β-lactam (4-membered cyclic amide) rings is 1. The van der Waals surface area contributed by atoms with Crippen LogP contribution in [0.15, 0.2) is 0 Å². The number of carboxylic acid groups (broad SMARTS) is 1. The summed E-state index contributed by atoms with van der Waals surface area (Å²) in [4.78, 5) is 23.9. The average molecular weight is 232 g/mol. The van der Waals surface area contributed by atoms with E-state index in [1.165, 1.54) is 4.90 Å². The van der Waals surface area contributed by atoms with E-state index in [4.69, 9.17) is 10.8 Å². The molecule has 0 aliphatic carbocycles. The average Bonchev–Trinajstić information content (AvgIpc) is 2.49. The topological polar surface area (TPSA) is 104 Å². The van der Waals surface area contributed by atoms with Crippen molar-refractivity contribution in [3.63, 3.8) is 0 Å². The van der Waals surface area contributed by atoms with Gasteiger partial charge >= 0.3 is 5.97 Å². The molecule has 6 nitrogen and oxygen atoms in total. The lowest BCUT2D eigenvalue weighted by atomic mass is 9.95. The highest BCUT2D eigenvalue weighted by Gasteiger charge is 2.65. The zero-order valence-electron chi connectivity index (χ0n) is 8.08. The lowest BCUT2D eigenvalue weighted by molar-refractivity contribution is -0.162. The van der Waals surface area contributed by atoms with E-state index in [1.807, 2.05) is 0 Å². The molecule has 2 rings (SSSR count). The summed E-state index contributed by atoms with van der Waals surface area (Å²) in [5.41, 5.74) is 5.48. The van der Waals surface area contributed by atoms with Gasteiger partial charge in [0.2, 0.25) is 0 Å². The van der Waals surface area contributed by atoms with E-state index in [0.717, 1.165) is 11.8 Å². The highest BCUT2D eigenvalue weighted by Crippen LogP contribution is 2.50. The Kier molecular flexibility index (Phi) is 2.21. The number of carboxylic acids is 1. The molecular weight excluding hydrogens is 220 g/mol. The van der Waals surface area contributed by atoms with Crippen molar-refractivity contribution in [2.75, 3.05) is 6.54 Å². The van der Waals surface area contributed by atoms with Crippen molar-refractivity contribution in [1.82, 2.24) is 4.90 Å². The monoisotopic (exact) mass is 232 g/mol. The fraction of sp³-hybridized carbons (Fsp3) is 0.750. The molecular formula is C8H12N2O4S. The van der Waals surface area contributed by atoms with Crippen molar-refractivity contribution in [2.24, 2.45) is 5.73 Å². The van der Waals surface area contributed by atoms with Crippen LogP contribution < -0.4 is 5.73 Å². The van der Waals surface area contributed by atoms with Crippen LogP contribution in [0.2, 0.25) is 0 Å². The van der Waals surface area contributed by atoms with Gasteiger partial charge in [0.05, 0.1) is 6.04 Å². The Morgan fingerprint density at radius 3 is 2.73 bits per heavy atom. The third-order valence-electron chi connectivity index (χ3n) is 3.14. The van der Waals surface area contributed by atoms with Crippen molar-refractivity contribution in [1.29, 1.82) is 0 Å². The highest BCUT2D eigenvalue weighted by atomic mass is 32.2. The number of nitrogens with zero attached hydrogens (tertiary/aromatic N) is 1. The van der Waals surface area contributed by atoms with Gasteiger partial charge in [-0.2, -0.15) is 0 Å². The van der Waals surface area contributed by atoms with Crippen molar-refractivity contribution in [3.8, 4) is 0 Å². The summed E-state index contributed by atoms with van der Waals surface area (Å²) in [5, 5.41) is 18.1. The van der Waals surface area contributed by atoms with Gasteiger partial charge < -0.3 is 20.8 Å². The highest BCUT2D eigenvalue weighted by molar-refractivity contribution is 8.02. The summed E-state index contributed by atoms with van der Waals surface area (Å²) in [7, 11) is 0. The predicted molar refractivity (Wildman–Crippen MR) is 53.1 cm³/mol. The summed E-state index contributed by atoms with van der Waals surface area (Å²) in [6, 6.07) is -0.481. The Morgan fingerprint density at radius 2 is 2.33 bits per heavy atom. The first kappa shape index (κ1) is 10.7. The zero-order chi connectivity index (χ0) is 11.4. The third kappa shape index (κ3) is 1.08. The molecule has 4 atom stereocenters. The summed E-state index contributed by atoms with van der Waals surface area (Å²) in [6.07, 6.45) is -1.08. The van der Waals surface area contributed by atoms with Gasteiger partial charge in [0.25, 0.3) is 5.91 Å². The summed E-state index contributed by atoms with van der Waals surface area (Å²) in [5.74, 6) is -1.44. The number of rotatable bonds is 2. The van der Waals surface area contributed by atoms with Crippen LogP contribution in [0.1, 0.15) is 6.92 Å². The van der Waals surface area contributed by atoms with Gasteiger partial charge in [0.1, 0.15) is 10.1 Å². The van der Waals surface area contributed by atoms with Crippen molar-refractivity contribution in [3.05, 3.63) is 0 Å². The van der Waals surface area contributed by atoms with Crippen LogP contribution in [0, 0.1) is 0 Å². The molecule has 1 amide bonds. The molecule has 2 heterocycles. The summed E-state index contributed by atoms with van der Waals surface area (Å²) in [6.45, 7) is 1.60. The molecule has 0 aromatic rings. The van der Waals surface area contributed by atoms with Gasteiger partial charge in [-0.25, -0.2) is 0 Å². The molecule has 0 aromatic carbocycles. The van der Waals surface area contributed by atoms with E-state index in [0.29, 0.717) is 0 Å². The standard InChI is InChI=1S/C8H12N2O4S/c1-3-8(2-9,7(13)14)15-6-4(11)5(12)10(3)6/h3-4,6,11H,2,9H2,1H3,(H,13,14)/t3?,4-,6+,8?/m0/s1. The Morgan fingerprint density at radius 1 is 1.73 bits per heavy atom. The number of aliphatic hydroxyl groups excluding tert-OH is 1. The maximum absolute atomic E-state index is 11.3. The molecule has 0 bridgehead atoms. The van der Waals surface area contributed by atoms with Gasteiger partial charge in [-0.1, -0.05) is 0 Å². The second kappa shape index (κ2) is 3.10. The molecule has 2 unspecified atom stereocenters. The van der Waals surface area contributed by atoms with Crippen LogP contribution >= 0.6 is 11.8 Å². The molecule has 0 saturated carbocycles. The number of fused-ring (bicyclic) bond motifs is 1. The zero-order valence-corrected chi connectivity index (χ0v) is 8.90. The van der Waals surface area contributed by atoms with Crippen LogP contribution in [0.3, 0.4) is 0 Å². The molecule has 2 saturated heterocycles. The van der Waals surface area contributed by atoms with Crippen LogP contribution in [-0.4, -0.2) is 55.8 Å². The third-order valence-corrected chi connectivity index (χ3v) is 4.97. The molecule has 2 fully saturated rings. The van der Waals surface area contributed by atoms with Crippen molar-refractivity contribution in [2.45, 2.75) is 29.2 Å². The Bertz CT molecular complexity index is 337. The van der Waals surface area contributed by atoms with Crippen LogP contribution in [0.5, 0.6) is 0 Å². The predicted octanol–water partition coefficient (Wildman–Crippen LogP) is -1.57. The smallest absolute Gasteiger partial charge is 0.323 e. The van der Waals surface area contributed by atoms with Gasteiger partial charge in [0, 0.05) is 6.54 Å². The van der Waals surface area contributed by atoms with E-state index < -0.39 is 34.1 Å². The maximum atomic E-state index is 11.3. The second-order valence-corrected chi connectivity index (χ2v) is 5.22.